The van der Waals surface area contributed by atoms with Crippen LogP contribution in [0.15, 0.2) is 41.8 Å². The second-order valence-corrected chi connectivity index (χ2v) is 6.94. The smallest absolute Gasteiger partial charge is 0.249 e. The van der Waals surface area contributed by atoms with Gasteiger partial charge in [0.25, 0.3) is 0 Å². The molecule has 1 N–H and O–H groups in total. The Morgan fingerprint density at radius 2 is 2.12 bits per heavy atom. The highest BCUT2D eigenvalue weighted by Crippen LogP contribution is 2.17. The molecule has 1 saturated heterocycles. The molecular formula is C17H17ClN2O3S. The average molecular weight is 365 g/mol. The number of hydrogen-bond acceptors (Lipinski definition) is 4. The van der Waals surface area contributed by atoms with Crippen LogP contribution in [-0.4, -0.2) is 36.0 Å². The van der Waals surface area contributed by atoms with Gasteiger partial charge in [0.1, 0.15) is 12.6 Å². The van der Waals surface area contributed by atoms with E-state index < -0.39 is 6.04 Å². The third-order valence-corrected chi connectivity index (χ3v) is 4.90. The lowest BCUT2D eigenvalue weighted by molar-refractivity contribution is -0.155. The summed E-state index contributed by atoms with van der Waals surface area (Å²) < 4.78 is 5.27. The molecule has 1 aromatic carbocycles. The standard InChI is InChI=1S/C17H17ClN2O3S/c18-13-5-3-12(4-6-13)8-19-17(22)15-10-23-11-16(21)20(15)9-14-2-1-7-24-14/h1-7,15H,8-11H2,(H,19,22)/t15-/m0/s1. The number of hydrogen-bond donors (Lipinski definition) is 1. The quantitative estimate of drug-likeness (QED) is 0.886. The molecule has 0 bridgehead atoms. The molecule has 0 saturated carbocycles. The van der Waals surface area contributed by atoms with E-state index in [4.69, 9.17) is 16.3 Å². The van der Waals surface area contributed by atoms with Crippen LogP contribution in [0.4, 0.5) is 0 Å². The number of amides is 2. The van der Waals surface area contributed by atoms with Crippen molar-refractivity contribution in [1.29, 1.82) is 0 Å². The normalized spacial score (nSPS) is 17.8. The molecule has 1 fully saturated rings. The van der Waals surface area contributed by atoms with E-state index in [9.17, 15) is 9.59 Å². The first kappa shape index (κ1) is 17.0. The van der Waals surface area contributed by atoms with Gasteiger partial charge in [0.2, 0.25) is 11.8 Å². The summed E-state index contributed by atoms with van der Waals surface area (Å²) in [7, 11) is 0. The van der Waals surface area contributed by atoms with Gasteiger partial charge in [-0.1, -0.05) is 29.8 Å². The van der Waals surface area contributed by atoms with Crippen molar-refractivity contribution in [1.82, 2.24) is 10.2 Å². The zero-order valence-electron chi connectivity index (χ0n) is 12.9. The number of nitrogens with zero attached hydrogens (tertiary/aromatic N) is 1. The van der Waals surface area contributed by atoms with Crippen LogP contribution in [0.1, 0.15) is 10.4 Å². The molecule has 0 spiro atoms. The van der Waals surface area contributed by atoms with Gasteiger partial charge in [-0.2, -0.15) is 0 Å². The van der Waals surface area contributed by atoms with E-state index in [-0.39, 0.29) is 25.0 Å². The Labute approximate surface area is 149 Å². The Balaban J connectivity index is 1.64. The Bertz CT molecular complexity index is 703. The summed E-state index contributed by atoms with van der Waals surface area (Å²) in [6, 6.07) is 10.5. The van der Waals surface area contributed by atoms with E-state index in [1.165, 1.54) is 0 Å². The Morgan fingerprint density at radius 3 is 2.83 bits per heavy atom. The minimum Gasteiger partial charge on any atom is -0.369 e. The van der Waals surface area contributed by atoms with Crippen molar-refractivity contribution in [3.05, 3.63) is 57.2 Å². The van der Waals surface area contributed by atoms with Crippen molar-refractivity contribution in [3.8, 4) is 0 Å². The summed E-state index contributed by atoms with van der Waals surface area (Å²) >= 11 is 7.42. The molecule has 2 aromatic rings. The van der Waals surface area contributed by atoms with Gasteiger partial charge >= 0.3 is 0 Å². The number of ether oxygens (including phenoxy) is 1. The van der Waals surface area contributed by atoms with Crippen LogP contribution in [-0.2, 0) is 27.4 Å². The topological polar surface area (TPSA) is 58.6 Å². The molecule has 1 atom stereocenters. The maximum atomic E-state index is 12.5. The van der Waals surface area contributed by atoms with Gasteiger partial charge in [-0.25, -0.2) is 0 Å². The molecular weight excluding hydrogens is 348 g/mol. The molecule has 0 unspecified atom stereocenters. The Hall–Kier alpha value is -1.89. The van der Waals surface area contributed by atoms with Gasteiger partial charge in [-0.05, 0) is 29.1 Å². The maximum absolute atomic E-state index is 12.5. The van der Waals surface area contributed by atoms with Crippen LogP contribution in [0.5, 0.6) is 0 Å². The van der Waals surface area contributed by atoms with Gasteiger partial charge in [-0.15, -0.1) is 11.3 Å². The third kappa shape index (κ3) is 4.14. The highest BCUT2D eigenvalue weighted by atomic mass is 35.5. The van der Waals surface area contributed by atoms with Gasteiger partial charge < -0.3 is 15.0 Å². The molecule has 1 aliphatic rings. The van der Waals surface area contributed by atoms with E-state index in [1.54, 1.807) is 28.4 Å². The van der Waals surface area contributed by atoms with Crippen LogP contribution in [0.2, 0.25) is 5.02 Å². The van der Waals surface area contributed by atoms with Crippen LogP contribution >= 0.6 is 22.9 Å². The van der Waals surface area contributed by atoms with Crippen molar-refractivity contribution in [3.63, 3.8) is 0 Å². The predicted molar refractivity (Wildman–Crippen MR) is 92.8 cm³/mol. The molecule has 0 aliphatic carbocycles. The minimum atomic E-state index is -0.611. The third-order valence-electron chi connectivity index (χ3n) is 3.79. The van der Waals surface area contributed by atoms with Gasteiger partial charge in [0.15, 0.2) is 0 Å². The number of benzene rings is 1. The maximum Gasteiger partial charge on any atom is 0.249 e. The van der Waals surface area contributed by atoms with Crippen molar-refractivity contribution < 1.29 is 14.3 Å². The van der Waals surface area contributed by atoms with E-state index in [0.717, 1.165) is 10.4 Å². The Kier molecular flexibility index (Phi) is 5.50. The summed E-state index contributed by atoms with van der Waals surface area (Å²) in [6.07, 6.45) is 0. The largest absolute Gasteiger partial charge is 0.369 e. The zero-order valence-corrected chi connectivity index (χ0v) is 14.5. The van der Waals surface area contributed by atoms with Crippen LogP contribution in [0, 0.1) is 0 Å². The first-order valence-corrected chi connectivity index (χ1v) is 8.81. The fraction of sp³-hybridized carbons (Fsp3) is 0.294. The number of nitrogens with one attached hydrogen (secondary N) is 1. The lowest BCUT2D eigenvalue weighted by Crippen LogP contribution is -2.55. The Morgan fingerprint density at radius 1 is 1.33 bits per heavy atom. The molecule has 2 heterocycles. The van der Waals surface area contributed by atoms with E-state index in [0.29, 0.717) is 18.1 Å². The van der Waals surface area contributed by atoms with Crippen molar-refractivity contribution >= 4 is 34.8 Å². The first-order chi connectivity index (χ1) is 11.6. The summed E-state index contributed by atoms with van der Waals surface area (Å²) in [6.45, 7) is 1.04. The van der Waals surface area contributed by atoms with Crippen molar-refractivity contribution in [2.75, 3.05) is 13.2 Å². The van der Waals surface area contributed by atoms with Crippen molar-refractivity contribution in [2.24, 2.45) is 0 Å². The molecule has 5 nitrogen and oxygen atoms in total. The van der Waals surface area contributed by atoms with Gasteiger partial charge in [-0.3, -0.25) is 9.59 Å². The molecule has 126 valence electrons. The lowest BCUT2D eigenvalue weighted by atomic mass is 10.1. The second-order valence-electron chi connectivity index (χ2n) is 5.48. The van der Waals surface area contributed by atoms with Gasteiger partial charge in [0.05, 0.1) is 13.2 Å². The van der Waals surface area contributed by atoms with Crippen LogP contribution < -0.4 is 5.32 Å². The van der Waals surface area contributed by atoms with Crippen LogP contribution in [0.25, 0.3) is 0 Å². The van der Waals surface area contributed by atoms with Crippen molar-refractivity contribution in [2.45, 2.75) is 19.1 Å². The highest BCUT2D eigenvalue weighted by molar-refractivity contribution is 7.09. The fourth-order valence-corrected chi connectivity index (χ4v) is 3.33. The monoisotopic (exact) mass is 364 g/mol. The summed E-state index contributed by atoms with van der Waals surface area (Å²) in [5.74, 6) is -0.379. The lowest BCUT2D eigenvalue weighted by Gasteiger charge is -2.34. The number of carbonyl (C=O) groups excluding carboxylic acids is 2. The second kappa shape index (κ2) is 7.79. The molecule has 1 aliphatic heterocycles. The van der Waals surface area contributed by atoms with E-state index >= 15 is 0 Å². The van der Waals surface area contributed by atoms with E-state index in [2.05, 4.69) is 5.32 Å². The summed E-state index contributed by atoms with van der Waals surface area (Å²) in [4.78, 5) is 27.3. The highest BCUT2D eigenvalue weighted by Gasteiger charge is 2.34. The predicted octanol–water partition coefficient (Wildman–Crippen LogP) is 2.45. The number of carbonyl (C=O) groups is 2. The SMILES string of the molecule is O=C(NCc1ccc(Cl)cc1)[C@@H]1COCC(=O)N1Cc1cccs1. The number of rotatable bonds is 5. The number of morpholine rings is 1. The molecule has 7 heteroatoms. The molecule has 0 radical (unpaired) electrons. The molecule has 1 aromatic heterocycles. The molecule has 24 heavy (non-hydrogen) atoms. The summed E-state index contributed by atoms with van der Waals surface area (Å²) in [5, 5.41) is 5.47. The van der Waals surface area contributed by atoms with Gasteiger partial charge in [0, 0.05) is 16.4 Å². The average Bonchev–Trinajstić information content (AvgIpc) is 3.09. The molecule has 2 amide bonds. The van der Waals surface area contributed by atoms with E-state index in [1.807, 2.05) is 29.6 Å². The van der Waals surface area contributed by atoms with Crippen LogP contribution in [0.3, 0.4) is 0 Å². The summed E-state index contributed by atoms with van der Waals surface area (Å²) in [5.41, 5.74) is 0.945. The minimum absolute atomic E-state index is 0.0202. The first-order valence-electron chi connectivity index (χ1n) is 7.55. The fourth-order valence-electron chi connectivity index (χ4n) is 2.50. The molecule has 3 rings (SSSR count). The number of thiophene rings is 1. The zero-order chi connectivity index (χ0) is 16.9. The number of halogens is 1.